The zero-order valence-electron chi connectivity index (χ0n) is 12.6. The van der Waals surface area contributed by atoms with Gasteiger partial charge in [-0.15, -0.1) is 0 Å². The normalized spacial score (nSPS) is 16.2. The topological polar surface area (TPSA) is 47.7 Å². The number of rotatable bonds is 7. The molecule has 0 bridgehead atoms. The molecule has 0 heterocycles. The fourth-order valence-electron chi connectivity index (χ4n) is 2.37. The van der Waals surface area contributed by atoms with Gasteiger partial charge in [0.15, 0.2) is 0 Å². The second-order valence-corrected chi connectivity index (χ2v) is 5.05. The van der Waals surface area contributed by atoms with Crippen LogP contribution in [0.3, 0.4) is 0 Å². The molecule has 3 atom stereocenters. The van der Waals surface area contributed by atoms with Crippen molar-refractivity contribution >= 4 is 0 Å². The van der Waals surface area contributed by atoms with Crippen molar-refractivity contribution < 1.29 is 9.47 Å². The van der Waals surface area contributed by atoms with Gasteiger partial charge in [0.1, 0.15) is 5.75 Å². The highest BCUT2D eigenvalue weighted by atomic mass is 16.5. The van der Waals surface area contributed by atoms with E-state index in [-0.39, 0.29) is 12.1 Å². The molecule has 1 rings (SSSR count). The molecule has 19 heavy (non-hydrogen) atoms. The van der Waals surface area contributed by atoms with Crippen LogP contribution in [0.2, 0.25) is 0 Å². The minimum atomic E-state index is 0.0245. The molecule has 1 aromatic rings. The Morgan fingerprint density at radius 2 is 1.95 bits per heavy atom. The van der Waals surface area contributed by atoms with Crippen LogP contribution in [0, 0.1) is 0 Å². The van der Waals surface area contributed by atoms with Gasteiger partial charge < -0.3 is 15.2 Å². The maximum absolute atomic E-state index is 6.17. The Bertz CT molecular complexity index is 382. The molecule has 0 aliphatic rings. The molecule has 4 nitrogen and oxygen atoms in total. The van der Waals surface area contributed by atoms with Gasteiger partial charge in [0.25, 0.3) is 0 Å². The number of hydrogen-bond donors (Lipinski definition) is 1. The van der Waals surface area contributed by atoms with Crippen LogP contribution in [0.1, 0.15) is 25.5 Å². The molecule has 0 saturated heterocycles. The number of methoxy groups -OCH3 is 2. The second kappa shape index (κ2) is 7.48. The summed E-state index contributed by atoms with van der Waals surface area (Å²) in [5, 5.41) is 0. The van der Waals surface area contributed by atoms with Crippen molar-refractivity contribution in [2.45, 2.75) is 32.0 Å². The van der Waals surface area contributed by atoms with E-state index in [0.717, 1.165) is 5.75 Å². The van der Waals surface area contributed by atoms with Gasteiger partial charge in [0.2, 0.25) is 0 Å². The summed E-state index contributed by atoms with van der Waals surface area (Å²) in [6.07, 6.45) is 0. The van der Waals surface area contributed by atoms with Crippen LogP contribution in [0.15, 0.2) is 24.3 Å². The molecule has 4 heteroatoms. The van der Waals surface area contributed by atoms with Gasteiger partial charge >= 0.3 is 0 Å². The fourth-order valence-corrected chi connectivity index (χ4v) is 2.37. The molecular formula is C15H26N2O2. The lowest BCUT2D eigenvalue weighted by Gasteiger charge is -2.35. The summed E-state index contributed by atoms with van der Waals surface area (Å²) in [6, 6.07) is 8.54. The Balaban J connectivity index is 2.99. The Hall–Kier alpha value is -1.10. The minimum Gasteiger partial charge on any atom is -0.497 e. The third-order valence-corrected chi connectivity index (χ3v) is 3.48. The molecule has 0 radical (unpaired) electrons. The summed E-state index contributed by atoms with van der Waals surface area (Å²) in [4.78, 5) is 2.25. The maximum Gasteiger partial charge on any atom is 0.119 e. The van der Waals surface area contributed by atoms with Crippen LogP contribution in [0.25, 0.3) is 0 Å². The smallest absolute Gasteiger partial charge is 0.119 e. The Kier molecular flexibility index (Phi) is 6.28. The van der Waals surface area contributed by atoms with Gasteiger partial charge in [-0.3, -0.25) is 4.90 Å². The summed E-state index contributed by atoms with van der Waals surface area (Å²) >= 11 is 0. The predicted molar refractivity (Wildman–Crippen MR) is 78.5 cm³/mol. The van der Waals surface area contributed by atoms with Crippen molar-refractivity contribution in [3.63, 3.8) is 0 Å². The first kappa shape index (κ1) is 16.0. The Morgan fingerprint density at radius 1 is 1.26 bits per heavy atom. The summed E-state index contributed by atoms with van der Waals surface area (Å²) in [5.41, 5.74) is 7.34. The van der Waals surface area contributed by atoms with E-state index in [4.69, 9.17) is 15.2 Å². The van der Waals surface area contributed by atoms with Gasteiger partial charge in [-0.2, -0.15) is 0 Å². The van der Waals surface area contributed by atoms with Crippen molar-refractivity contribution in [1.29, 1.82) is 0 Å². The highest BCUT2D eigenvalue weighted by molar-refractivity contribution is 5.31. The van der Waals surface area contributed by atoms with Crippen molar-refractivity contribution in [2.24, 2.45) is 5.73 Å². The quantitative estimate of drug-likeness (QED) is 0.820. The molecule has 2 N–H and O–H groups in total. The number of hydrogen-bond acceptors (Lipinski definition) is 4. The third kappa shape index (κ3) is 4.20. The first-order chi connectivity index (χ1) is 9.01. The molecule has 3 unspecified atom stereocenters. The minimum absolute atomic E-state index is 0.0245. The molecule has 0 aromatic heterocycles. The monoisotopic (exact) mass is 266 g/mol. The zero-order chi connectivity index (χ0) is 14.4. The average Bonchev–Trinajstić information content (AvgIpc) is 2.39. The number of benzene rings is 1. The molecule has 0 aliphatic heterocycles. The molecule has 0 fully saturated rings. The molecule has 0 saturated carbocycles. The molecule has 108 valence electrons. The van der Waals surface area contributed by atoms with Gasteiger partial charge in [-0.1, -0.05) is 12.1 Å². The lowest BCUT2D eigenvalue weighted by Crippen LogP contribution is -2.43. The van der Waals surface area contributed by atoms with Gasteiger partial charge in [-0.05, 0) is 38.6 Å². The van der Waals surface area contributed by atoms with Crippen molar-refractivity contribution in [3.05, 3.63) is 29.8 Å². The largest absolute Gasteiger partial charge is 0.497 e. The molecule has 0 spiro atoms. The van der Waals surface area contributed by atoms with Crippen LogP contribution in [0.5, 0.6) is 5.75 Å². The van der Waals surface area contributed by atoms with E-state index in [0.29, 0.717) is 12.6 Å². The van der Waals surface area contributed by atoms with Crippen LogP contribution >= 0.6 is 0 Å². The standard InChI is InChI=1S/C15H26N2O2/c1-11(10-18-4)17(3)15(12(2)16)13-7-6-8-14(9-13)19-5/h6-9,11-12,15H,10,16H2,1-5H3. The summed E-state index contributed by atoms with van der Waals surface area (Å²) in [6.45, 7) is 4.85. The van der Waals surface area contributed by atoms with Crippen molar-refractivity contribution in [2.75, 3.05) is 27.9 Å². The maximum atomic E-state index is 6.17. The number of nitrogens with zero attached hydrogens (tertiary/aromatic N) is 1. The summed E-state index contributed by atoms with van der Waals surface area (Å²) in [7, 11) is 5.48. The van der Waals surface area contributed by atoms with E-state index in [1.807, 2.05) is 25.1 Å². The van der Waals surface area contributed by atoms with E-state index in [1.165, 1.54) is 5.56 Å². The lowest BCUT2D eigenvalue weighted by atomic mass is 9.98. The predicted octanol–water partition coefficient (Wildman–Crippen LogP) is 2.05. The highest BCUT2D eigenvalue weighted by Crippen LogP contribution is 2.27. The summed E-state index contributed by atoms with van der Waals surface area (Å²) in [5.74, 6) is 0.857. The van der Waals surface area contributed by atoms with Crippen LogP contribution < -0.4 is 10.5 Å². The van der Waals surface area contributed by atoms with Crippen LogP contribution in [-0.4, -0.2) is 44.9 Å². The van der Waals surface area contributed by atoms with Crippen molar-refractivity contribution in [1.82, 2.24) is 4.90 Å². The van der Waals surface area contributed by atoms with E-state index >= 15 is 0 Å². The first-order valence-corrected chi connectivity index (χ1v) is 6.61. The van der Waals surface area contributed by atoms with Gasteiger partial charge in [0, 0.05) is 25.2 Å². The number of nitrogens with two attached hydrogens (primary N) is 1. The lowest BCUT2D eigenvalue weighted by molar-refractivity contribution is 0.0818. The van der Waals surface area contributed by atoms with E-state index in [9.17, 15) is 0 Å². The van der Waals surface area contributed by atoms with E-state index in [1.54, 1.807) is 14.2 Å². The van der Waals surface area contributed by atoms with Crippen molar-refractivity contribution in [3.8, 4) is 5.75 Å². The van der Waals surface area contributed by atoms with E-state index in [2.05, 4.69) is 24.9 Å². The Morgan fingerprint density at radius 3 is 2.47 bits per heavy atom. The molecular weight excluding hydrogens is 240 g/mol. The molecule has 1 aromatic carbocycles. The zero-order valence-corrected chi connectivity index (χ0v) is 12.6. The van der Waals surface area contributed by atoms with Crippen LogP contribution in [0.4, 0.5) is 0 Å². The highest BCUT2D eigenvalue weighted by Gasteiger charge is 2.25. The van der Waals surface area contributed by atoms with Gasteiger partial charge in [0.05, 0.1) is 13.7 Å². The average molecular weight is 266 g/mol. The summed E-state index contributed by atoms with van der Waals surface area (Å²) < 4.78 is 10.5. The molecule has 0 amide bonds. The SMILES string of the molecule is COCC(C)N(C)C(c1cccc(OC)c1)C(C)N. The fraction of sp³-hybridized carbons (Fsp3) is 0.600. The van der Waals surface area contributed by atoms with Crippen LogP contribution in [-0.2, 0) is 4.74 Å². The molecule has 0 aliphatic carbocycles. The number of ether oxygens (including phenoxy) is 2. The number of likely N-dealkylation sites (N-methyl/N-ethyl adjacent to an activating group) is 1. The third-order valence-electron chi connectivity index (χ3n) is 3.48. The second-order valence-electron chi connectivity index (χ2n) is 5.05. The van der Waals surface area contributed by atoms with Gasteiger partial charge in [-0.25, -0.2) is 0 Å². The first-order valence-electron chi connectivity index (χ1n) is 6.61. The van der Waals surface area contributed by atoms with E-state index < -0.39 is 0 Å². The Labute approximate surface area is 116 Å².